The monoisotopic (exact) mass is 143 g/mol. The van der Waals surface area contributed by atoms with Gasteiger partial charge in [0.25, 0.3) is 0 Å². The second-order valence-electron chi connectivity index (χ2n) is 3.06. The van der Waals surface area contributed by atoms with E-state index in [-0.39, 0.29) is 0 Å². The van der Waals surface area contributed by atoms with Gasteiger partial charge in [-0.1, -0.05) is 6.92 Å². The Hall–Kier alpha value is -0.0800. The van der Waals surface area contributed by atoms with Crippen molar-refractivity contribution < 1.29 is 5.11 Å². The Labute approximate surface area is 62.8 Å². The molecule has 1 aliphatic carbocycles. The Balaban J connectivity index is 2.05. The first-order valence-electron chi connectivity index (χ1n) is 4.20. The zero-order valence-electron chi connectivity index (χ0n) is 6.71. The van der Waals surface area contributed by atoms with Gasteiger partial charge in [0.2, 0.25) is 0 Å². The average molecular weight is 143 g/mol. The highest BCUT2D eigenvalue weighted by atomic mass is 16.3. The summed E-state index contributed by atoms with van der Waals surface area (Å²) in [5.41, 5.74) is 0. The van der Waals surface area contributed by atoms with Gasteiger partial charge in [-0.15, -0.1) is 0 Å². The third kappa shape index (κ3) is 2.67. The van der Waals surface area contributed by atoms with Crippen molar-refractivity contribution in [2.24, 2.45) is 5.92 Å². The lowest BCUT2D eigenvalue weighted by atomic mass is 10.3. The van der Waals surface area contributed by atoms with Crippen LogP contribution >= 0.6 is 0 Å². The molecule has 1 aliphatic rings. The molecule has 1 N–H and O–H groups in total. The van der Waals surface area contributed by atoms with E-state index in [2.05, 4.69) is 11.8 Å². The van der Waals surface area contributed by atoms with Crippen molar-refractivity contribution in [3.63, 3.8) is 0 Å². The second kappa shape index (κ2) is 3.94. The van der Waals surface area contributed by atoms with Crippen molar-refractivity contribution in [1.82, 2.24) is 4.90 Å². The number of nitrogens with zero attached hydrogens (tertiary/aromatic N) is 1. The van der Waals surface area contributed by atoms with Crippen LogP contribution in [-0.2, 0) is 0 Å². The lowest BCUT2D eigenvalue weighted by molar-refractivity contribution is 0.197. The summed E-state index contributed by atoms with van der Waals surface area (Å²) in [6.07, 6.45) is 2.81. The van der Waals surface area contributed by atoms with E-state index in [1.165, 1.54) is 19.4 Å². The van der Waals surface area contributed by atoms with Crippen LogP contribution in [0, 0.1) is 5.92 Å². The normalized spacial score (nSPS) is 18.3. The summed E-state index contributed by atoms with van der Waals surface area (Å²) in [6.45, 7) is 5.60. The van der Waals surface area contributed by atoms with Crippen molar-refractivity contribution in [3.8, 4) is 0 Å². The van der Waals surface area contributed by atoms with Gasteiger partial charge in [0.15, 0.2) is 0 Å². The Morgan fingerprint density at radius 1 is 1.50 bits per heavy atom. The minimum absolute atomic E-state index is 0.306. The van der Waals surface area contributed by atoms with E-state index in [1.54, 1.807) is 0 Å². The fraction of sp³-hybridized carbons (Fsp3) is 1.00. The second-order valence-corrected chi connectivity index (χ2v) is 3.06. The van der Waals surface area contributed by atoms with Gasteiger partial charge in [-0.3, -0.25) is 0 Å². The SMILES string of the molecule is CCN(CCO)CC1CC1. The van der Waals surface area contributed by atoms with Crippen molar-refractivity contribution in [2.75, 3.05) is 26.2 Å². The van der Waals surface area contributed by atoms with Crippen molar-refractivity contribution in [2.45, 2.75) is 19.8 Å². The maximum absolute atomic E-state index is 8.66. The van der Waals surface area contributed by atoms with Crippen LogP contribution in [0.15, 0.2) is 0 Å². The highest BCUT2D eigenvalue weighted by Gasteiger charge is 2.23. The van der Waals surface area contributed by atoms with E-state index < -0.39 is 0 Å². The van der Waals surface area contributed by atoms with E-state index in [0.29, 0.717) is 6.61 Å². The molecule has 0 spiro atoms. The van der Waals surface area contributed by atoms with Crippen molar-refractivity contribution in [3.05, 3.63) is 0 Å². The Kier molecular flexibility index (Phi) is 3.16. The first-order valence-corrected chi connectivity index (χ1v) is 4.20. The largest absolute Gasteiger partial charge is 0.395 e. The van der Waals surface area contributed by atoms with E-state index >= 15 is 0 Å². The van der Waals surface area contributed by atoms with E-state index in [4.69, 9.17) is 5.11 Å². The van der Waals surface area contributed by atoms with Crippen LogP contribution in [-0.4, -0.2) is 36.2 Å². The number of aliphatic hydroxyl groups is 1. The molecule has 1 saturated carbocycles. The molecule has 1 fully saturated rings. The van der Waals surface area contributed by atoms with Crippen LogP contribution in [0.2, 0.25) is 0 Å². The number of likely N-dealkylation sites (N-methyl/N-ethyl adjacent to an activating group) is 1. The van der Waals surface area contributed by atoms with Crippen LogP contribution in [0.3, 0.4) is 0 Å². The maximum atomic E-state index is 8.66. The smallest absolute Gasteiger partial charge is 0.0558 e. The Morgan fingerprint density at radius 3 is 2.60 bits per heavy atom. The standard InChI is InChI=1S/C8H17NO/c1-2-9(5-6-10)7-8-3-4-8/h8,10H,2-7H2,1H3. The predicted molar refractivity (Wildman–Crippen MR) is 41.9 cm³/mol. The molecule has 2 nitrogen and oxygen atoms in total. The lowest BCUT2D eigenvalue weighted by Gasteiger charge is -2.17. The van der Waals surface area contributed by atoms with E-state index in [0.717, 1.165) is 19.0 Å². The summed E-state index contributed by atoms with van der Waals surface area (Å²) in [5, 5.41) is 8.66. The van der Waals surface area contributed by atoms with Gasteiger partial charge < -0.3 is 10.0 Å². The molecule has 0 atom stereocenters. The summed E-state index contributed by atoms with van der Waals surface area (Å²) in [7, 11) is 0. The summed E-state index contributed by atoms with van der Waals surface area (Å²) in [4.78, 5) is 2.32. The number of hydrogen-bond acceptors (Lipinski definition) is 2. The van der Waals surface area contributed by atoms with Gasteiger partial charge in [-0.05, 0) is 25.3 Å². The molecule has 1 rings (SSSR count). The fourth-order valence-electron chi connectivity index (χ4n) is 1.19. The first kappa shape index (κ1) is 8.02. The van der Waals surface area contributed by atoms with E-state index in [1.807, 2.05) is 0 Å². The Bertz CT molecular complexity index is 91.3. The molecule has 0 aliphatic heterocycles. The molecule has 0 radical (unpaired) electrons. The molecule has 2 heteroatoms. The molecule has 10 heavy (non-hydrogen) atoms. The zero-order chi connectivity index (χ0) is 7.40. The predicted octanol–water partition coefficient (Wildman–Crippen LogP) is 0.711. The number of hydrogen-bond donors (Lipinski definition) is 1. The summed E-state index contributed by atoms with van der Waals surface area (Å²) in [6, 6.07) is 0. The fourth-order valence-corrected chi connectivity index (χ4v) is 1.19. The molecule has 0 saturated heterocycles. The van der Waals surface area contributed by atoms with Crippen LogP contribution in [0.25, 0.3) is 0 Å². The molecule has 60 valence electrons. The molecule has 0 aromatic rings. The highest BCUT2D eigenvalue weighted by molar-refractivity contribution is 4.76. The number of aliphatic hydroxyl groups excluding tert-OH is 1. The average Bonchev–Trinajstić information content (AvgIpc) is 2.71. The third-order valence-corrected chi connectivity index (χ3v) is 2.08. The van der Waals surface area contributed by atoms with Gasteiger partial charge in [0.1, 0.15) is 0 Å². The quantitative estimate of drug-likeness (QED) is 0.612. The molecule has 0 amide bonds. The topological polar surface area (TPSA) is 23.5 Å². The van der Waals surface area contributed by atoms with Crippen LogP contribution in [0.5, 0.6) is 0 Å². The van der Waals surface area contributed by atoms with Gasteiger partial charge in [-0.25, -0.2) is 0 Å². The van der Waals surface area contributed by atoms with Gasteiger partial charge in [-0.2, -0.15) is 0 Å². The minimum Gasteiger partial charge on any atom is -0.395 e. The first-order chi connectivity index (χ1) is 4.86. The molecular weight excluding hydrogens is 126 g/mol. The maximum Gasteiger partial charge on any atom is 0.0558 e. The molecule has 0 aromatic carbocycles. The summed E-state index contributed by atoms with van der Waals surface area (Å²) >= 11 is 0. The molecule has 0 aromatic heterocycles. The highest BCUT2D eigenvalue weighted by Crippen LogP contribution is 2.29. The van der Waals surface area contributed by atoms with Crippen molar-refractivity contribution >= 4 is 0 Å². The zero-order valence-corrected chi connectivity index (χ0v) is 6.71. The van der Waals surface area contributed by atoms with Gasteiger partial charge >= 0.3 is 0 Å². The van der Waals surface area contributed by atoms with Crippen molar-refractivity contribution in [1.29, 1.82) is 0 Å². The van der Waals surface area contributed by atoms with Crippen LogP contribution in [0.1, 0.15) is 19.8 Å². The molecule has 0 bridgehead atoms. The molecular formula is C8H17NO. The lowest BCUT2D eigenvalue weighted by Crippen LogP contribution is -2.28. The van der Waals surface area contributed by atoms with Gasteiger partial charge in [0.05, 0.1) is 6.61 Å². The molecule has 0 heterocycles. The minimum atomic E-state index is 0.306. The summed E-state index contributed by atoms with van der Waals surface area (Å²) < 4.78 is 0. The van der Waals surface area contributed by atoms with Crippen LogP contribution < -0.4 is 0 Å². The summed E-state index contributed by atoms with van der Waals surface area (Å²) in [5.74, 6) is 0.950. The number of rotatable bonds is 5. The van der Waals surface area contributed by atoms with Crippen LogP contribution in [0.4, 0.5) is 0 Å². The molecule has 0 unspecified atom stereocenters. The van der Waals surface area contributed by atoms with E-state index in [9.17, 15) is 0 Å². The van der Waals surface area contributed by atoms with Gasteiger partial charge in [0, 0.05) is 13.1 Å². The third-order valence-electron chi connectivity index (χ3n) is 2.08. The Morgan fingerprint density at radius 2 is 2.20 bits per heavy atom.